The van der Waals surface area contributed by atoms with Crippen LogP contribution in [-0.4, -0.2) is 28.7 Å². The van der Waals surface area contributed by atoms with Crippen molar-refractivity contribution in [1.82, 2.24) is 4.37 Å². The molecule has 2 rings (SSSR count). The van der Waals surface area contributed by atoms with Crippen molar-refractivity contribution in [3.05, 3.63) is 5.56 Å². The first-order valence-electron chi connectivity index (χ1n) is 5.57. The molecule has 4 nitrogen and oxygen atoms in total. The van der Waals surface area contributed by atoms with Gasteiger partial charge in [-0.05, 0) is 44.1 Å². The van der Waals surface area contributed by atoms with Crippen molar-refractivity contribution in [2.75, 3.05) is 24.3 Å². The first-order chi connectivity index (χ1) is 7.47. The molecule has 1 saturated carbocycles. The van der Waals surface area contributed by atoms with Gasteiger partial charge in [0.25, 0.3) is 0 Å². The van der Waals surface area contributed by atoms with E-state index in [1.807, 2.05) is 20.9 Å². The summed E-state index contributed by atoms with van der Waals surface area (Å²) in [6.07, 6.45) is 2.42. The summed E-state index contributed by atoms with van der Waals surface area (Å²) in [5, 5.41) is 10.5. The Labute approximate surface area is 100 Å². The van der Waals surface area contributed by atoms with Gasteiger partial charge in [0.15, 0.2) is 0 Å². The fourth-order valence-electron chi connectivity index (χ4n) is 1.68. The summed E-state index contributed by atoms with van der Waals surface area (Å²) < 4.78 is 4.24. The van der Waals surface area contributed by atoms with E-state index >= 15 is 0 Å². The van der Waals surface area contributed by atoms with Crippen molar-refractivity contribution >= 4 is 22.4 Å². The van der Waals surface area contributed by atoms with Crippen LogP contribution in [0.3, 0.4) is 0 Å². The third kappa shape index (κ3) is 1.89. The van der Waals surface area contributed by atoms with Crippen LogP contribution in [0.1, 0.15) is 38.2 Å². The van der Waals surface area contributed by atoms with Crippen LogP contribution in [0.5, 0.6) is 0 Å². The highest BCUT2D eigenvalue weighted by Gasteiger charge is 2.34. The number of nitrogens with zero attached hydrogens (tertiary/aromatic N) is 2. The van der Waals surface area contributed by atoms with Gasteiger partial charge in [-0.3, -0.25) is 0 Å². The quantitative estimate of drug-likeness (QED) is 0.844. The number of aliphatic hydroxyl groups excluding tert-OH is 1. The van der Waals surface area contributed by atoms with Crippen LogP contribution in [0.25, 0.3) is 0 Å². The minimum absolute atomic E-state index is 0.116. The lowest BCUT2D eigenvalue weighted by molar-refractivity contribution is 0.216. The minimum Gasteiger partial charge on any atom is -0.394 e. The molecule has 0 atom stereocenters. The Morgan fingerprint density at radius 2 is 2.19 bits per heavy atom. The summed E-state index contributed by atoms with van der Waals surface area (Å²) in [6.45, 7) is 4.14. The van der Waals surface area contributed by atoms with Gasteiger partial charge in [0.2, 0.25) is 0 Å². The van der Waals surface area contributed by atoms with Gasteiger partial charge in [-0.25, -0.2) is 0 Å². The molecule has 0 radical (unpaired) electrons. The summed E-state index contributed by atoms with van der Waals surface area (Å²) in [4.78, 5) is 2.09. The smallest absolute Gasteiger partial charge is 0.142 e. The van der Waals surface area contributed by atoms with Crippen molar-refractivity contribution < 1.29 is 5.11 Å². The zero-order valence-corrected chi connectivity index (χ0v) is 10.8. The van der Waals surface area contributed by atoms with Crippen molar-refractivity contribution in [1.29, 1.82) is 0 Å². The normalized spacial score (nSPS) is 16.5. The Morgan fingerprint density at radius 3 is 2.69 bits per heavy atom. The average Bonchev–Trinajstić information content (AvgIpc) is 3.01. The van der Waals surface area contributed by atoms with Crippen LogP contribution in [0.2, 0.25) is 0 Å². The Bertz CT molecular complexity index is 385. The maximum absolute atomic E-state index is 9.39. The zero-order valence-electron chi connectivity index (χ0n) is 10.0. The molecule has 1 aliphatic carbocycles. The van der Waals surface area contributed by atoms with Gasteiger partial charge in [0, 0.05) is 12.6 Å². The molecule has 1 aliphatic rings. The maximum Gasteiger partial charge on any atom is 0.142 e. The number of aromatic nitrogens is 1. The number of nitrogen functional groups attached to an aromatic ring is 1. The topological polar surface area (TPSA) is 62.4 Å². The van der Waals surface area contributed by atoms with Gasteiger partial charge >= 0.3 is 0 Å². The van der Waals surface area contributed by atoms with Crippen LogP contribution in [0.4, 0.5) is 10.8 Å². The van der Waals surface area contributed by atoms with E-state index in [2.05, 4.69) is 9.27 Å². The van der Waals surface area contributed by atoms with Crippen LogP contribution >= 0.6 is 11.5 Å². The summed E-state index contributed by atoms with van der Waals surface area (Å²) in [5.41, 5.74) is 6.83. The number of rotatable bonds is 4. The summed E-state index contributed by atoms with van der Waals surface area (Å²) in [6, 6.07) is 0. The van der Waals surface area contributed by atoms with Gasteiger partial charge in [-0.2, -0.15) is 4.37 Å². The van der Waals surface area contributed by atoms with Crippen LogP contribution in [0, 0.1) is 0 Å². The molecule has 5 heteroatoms. The van der Waals surface area contributed by atoms with E-state index < -0.39 is 0 Å². The van der Waals surface area contributed by atoms with Gasteiger partial charge in [0.1, 0.15) is 10.8 Å². The first kappa shape index (κ1) is 11.7. The Morgan fingerprint density at radius 1 is 1.56 bits per heavy atom. The number of hydrogen-bond donors (Lipinski definition) is 2. The molecule has 0 aliphatic heterocycles. The number of anilines is 2. The third-order valence-corrected chi connectivity index (χ3v) is 4.28. The highest BCUT2D eigenvalue weighted by atomic mass is 32.1. The molecule has 0 unspecified atom stereocenters. The van der Waals surface area contributed by atoms with Gasteiger partial charge in [-0.15, -0.1) is 0 Å². The molecule has 90 valence electrons. The lowest BCUT2D eigenvalue weighted by Gasteiger charge is -2.35. The number of hydrogen-bond acceptors (Lipinski definition) is 5. The monoisotopic (exact) mass is 241 g/mol. The summed E-state index contributed by atoms with van der Waals surface area (Å²) in [5.74, 6) is 1.26. The summed E-state index contributed by atoms with van der Waals surface area (Å²) >= 11 is 1.43. The Kier molecular flexibility index (Phi) is 2.84. The Balaban J connectivity index is 2.33. The molecule has 0 aromatic carbocycles. The van der Waals surface area contributed by atoms with E-state index in [-0.39, 0.29) is 12.1 Å². The van der Waals surface area contributed by atoms with Gasteiger partial charge in [0.05, 0.1) is 12.1 Å². The van der Waals surface area contributed by atoms with Gasteiger partial charge in [-0.1, -0.05) is 0 Å². The minimum atomic E-state index is -0.275. The van der Waals surface area contributed by atoms with Crippen molar-refractivity contribution in [2.45, 2.75) is 38.1 Å². The molecule has 0 saturated heterocycles. The lowest BCUT2D eigenvalue weighted by atomic mass is 10.0. The second kappa shape index (κ2) is 3.89. The molecule has 3 N–H and O–H groups in total. The van der Waals surface area contributed by atoms with E-state index in [4.69, 9.17) is 5.73 Å². The largest absolute Gasteiger partial charge is 0.394 e. The SMILES string of the molecule is CN(c1snc(N)c1C1CC1)C(C)(C)CO. The molecule has 1 aromatic heterocycles. The van der Waals surface area contributed by atoms with Crippen LogP contribution in [-0.2, 0) is 0 Å². The molecular formula is C11H19N3OS. The summed E-state index contributed by atoms with van der Waals surface area (Å²) in [7, 11) is 2.00. The lowest BCUT2D eigenvalue weighted by Crippen LogP contribution is -2.44. The van der Waals surface area contributed by atoms with E-state index in [0.29, 0.717) is 11.7 Å². The van der Waals surface area contributed by atoms with Crippen molar-refractivity contribution in [3.8, 4) is 0 Å². The van der Waals surface area contributed by atoms with Crippen LogP contribution < -0.4 is 10.6 Å². The number of nitrogens with two attached hydrogens (primary N) is 1. The van der Waals surface area contributed by atoms with Gasteiger partial charge < -0.3 is 15.7 Å². The van der Waals surface area contributed by atoms with Crippen LogP contribution in [0.15, 0.2) is 0 Å². The van der Waals surface area contributed by atoms with Crippen molar-refractivity contribution in [3.63, 3.8) is 0 Å². The van der Waals surface area contributed by atoms with E-state index in [9.17, 15) is 5.11 Å². The second-order valence-electron chi connectivity index (χ2n) is 5.09. The average molecular weight is 241 g/mol. The van der Waals surface area contributed by atoms with E-state index in [0.717, 1.165) is 5.00 Å². The van der Waals surface area contributed by atoms with E-state index in [1.54, 1.807) is 0 Å². The molecule has 0 spiro atoms. The molecule has 1 fully saturated rings. The molecule has 1 aromatic rings. The highest BCUT2D eigenvalue weighted by molar-refractivity contribution is 7.10. The van der Waals surface area contributed by atoms with Crippen molar-refractivity contribution in [2.24, 2.45) is 0 Å². The predicted molar refractivity (Wildman–Crippen MR) is 68.1 cm³/mol. The highest BCUT2D eigenvalue weighted by Crippen LogP contribution is 2.49. The molecule has 0 amide bonds. The Hall–Kier alpha value is -0.810. The number of likely N-dealkylation sites (N-methyl/N-ethyl adjacent to an activating group) is 1. The maximum atomic E-state index is 9.39. The third-order valence-electron chi connectivity index (χ3n) is 3.32. The molecule has 0 bridgehead atoms. The zero-order chi connectivity index (χ0) is 11.9. The molecule has 1 heterocycles. The first-order valence-corrected chi connectivity index (χ1v) is 6.34. The van der Waals surface area contributed by atoms with E-state index in [1.165, 1.54) is 29.9 Å². The molecular weight excluding hydrogens is 222 g/mol. The fourth-order valence-corrected chi connectivity index (χ4v) is 2.70. The molecule has 16 heavy (non-hydrogen) atoms. The fraction of sp³-hybridized carbons (Fsp3) is 0.727. The number of aliphatic hydroxyl groups is 1. The standard InChI is InChI=1S/C11H19N3OS/c1-11(2,6-15)14(3)10-8(7-4-5-7)9(12)13-16-10/h7,15H,4-6H2,1-3H3,(H2,12,13). The predicted octanol–water partition coefficient (Wildman–Crippen LogP) is 1.81. The second-order valence-corrected chi connectivity index (χ2v) is 5.84.